The van der Waals surface area contributed by atoms with Crippen LogP contribution in [0.5, 0.6) is 0 Å². The molecule has 0 saturated carbocycles. The Hall–Kier alpha value is -2.79. The van der Waals surface area contributed by atoms with Crippen molar-refractivity contribution in [1.82, 2.24) is 9.88 Å². The molecule has 5 rings (SSSR count). The van der Waals surface area contributed by atoms with Gasteiger partial charge in [-0.2, -0.15) is 0 Å². The molecule has 1 saturated heterocycles. The molecule has 29 heavy (non-hydrogen) atoms. The zero-order valence-corrected chi connectivity index (χ0v) is 16.8. The molecule has 2 amide bonds. The first-order chi connectivity index (χ1) is 14.1. The molecular weight excluding hydrogens is 386 g/mol. The van der Waals surface area contributed by atoms with Crippen LogP contribution >= 0.6 is 11.6 Å². The number of fused-ring (bicyclic) bond motifs is 2. The monoisotopic (exact) mass is 407 g/mol. The highest BCUT2D eigenvalue weighted by Crippen LogP contribution is 2.31. The summed E-state index contributed by atoms with van der Waals surface area (Å²) >= 11 is 6.13. The van der Waals surface area contributed by atoms with Crippen LogP contribution in [0.1, 0.15) is 17.5 Å². The van der Waals surface area contributed by atoms with E-state index in [1.807, 2.05) is 52.4 Å². The Labute approximate surface area is 174 Å². The van der Waals surface area contributed by atoms with Gasteiger partial charge < -0.3 is 14.8 Å². The second-order valence-electron chi connectivity index (χ2n) is 7.86. The smallest absolute Gasteiger partial charge is 0.232 e. The second kappa shape index (κ2) is 7.23. The minimum Gasteiger partial charge on any atom is -0.361 e. The number of nitrogens with zero attached hydrogens (tertiary/aromatic N) is 2. The van der Waals surface area contributed by atoms with E-state index >= 15 is 0 Å². The molecule has 0 spiro atoms. The maximum absolute atomic E-state index is 13.1. The van der Waals surface area contributed by atoms with Gasteiger partial charge in [-0.3, -0.25) is 9.59 Å². The van der Waals surface area contributed by atoms with Crippen molar-refractivity contribution in [3.8, 4) is 0 Å². The third-order valence-electron chi connectivity index (χ3n) is 6.10. The van der Waals surface area contributed by atoms with Gasteiger partial charge in [-0.1, -0.05) is 29.8 Å². The first-order valence-electron chi connectivity index (χ1n) is 10.0. The summed E-state index contributed by atoms with van der Waals surface area (Å²) in [4.78, 5) is 32.6. The molecule has 0 bridgehead atoms. The molecular formula is C23H22ClN3O2. The van der Waals surface area contributed by atoms with Gasteiger partial charge in [0.15, 0.2) is 0 Å². The molecule has 1 N–H and O–H groups in total. The van der Waals surface area contributed by atoms with Crippen molar-refractivity contribution < 1.29 is 9.59 Å². The fourth-order valence-corrected chi connectivity index (χ4v) is 4.73. The van der Waals surface area contributed by atoms with E-state index in [1.54, 1.807) is 0 Å². The van der Waals surface area contributed by atoms with Crippen LogP contribution < -0.4 is 4.90 Å². The molecule has 1 atom stereocenters. The normalized spacial score (nSPS) is 18.7. The summed E-state index contributed by atoms with van der Waals surface area (Å²) in [6.07, 6.45) is 3.90. The highest BCUT2D eigenvalue weighted by atomic mass is 35.5. The van der Waals surface area contributed by atoms with E-state index < -0.39 is 0 Å². The van der Waals surface area contributed by atoms with Crippen molar-refractivity contribution >= 4 is 40.0 Å². The summed E-state index contributed by atoms with van der Waals surface area (Å²) in [5.74, 6) is -0.121. The SMILES string of the molecule is O=C1C[C@@H](C(=O)N2CCc3ccccc32)CN1CCc1c[nH]c2ccc(Cl)cc12. The molecule has 6 heteroatoms. The van der Waals surface area contributed by atoms with E-state index in [0.717, 1.165) is 35.0 Å². The van der Waals surface area contributed by atoms with E-state index in [9.17, 15) is 9.59 Å². The van der Waals surface area contributed by atoms with E-state index in [2.05, 4.69) is 11.1 Å². The molecule has 2 aromatic carbocycles. The van der Waals surface area contributed by atoms with Crippen molar-refractivity contribution in [1.29, 1.82) is 0 Å². The molecule has 1 fully saturated rings. The van der Waals surface area contributed by atoms with Gasteiger partial charge in [0.2, 0.25) is 11.8 Å². The second-order valence-corrected chi connectivity index (χ2v) is 8.30. The maximum atomic E-state index is 13.1. The lowest BCUT2D eigenvalue weighted by atomic mass is 10.1. The summed E-state index contributed by atoms with van der Waals surface area (Å²) in [6, 6.07) is 13.8. The Bertz CT molecular complexity index is 1110. The van der Waals surface area contributed by atoms with Crippen LogP contribution in [0.3, 0.4) is 0 Å². The summed E-state index contributed by atoms with van der Waals surface area (Å²) in [7, 11) is 0. The third kappa shape index (κ3) is 3.29. The standard InChI is InChI=1S/C23H22ClN3O2/c24-18-5-6-20-19(12-18)16(13-25-20)7-9-26-14-17(11-22(26)28)23(29)27-10-8-15-3-1-2-4-21(15)27/h1-6,12-13,17,25H,7-11,14H2/t17-/m1/s1. The van der Waals surface area contributed by atoms with Gasteiger partial charge >= 0.3 is 0 Å². The first-order valence-corrected chi connectivity index (χ1v) is 10.4. The molecule has 148 valence electrons. The number of nitrogens with one attached hydrogen (secondary N) is 1. The number of H-pyrrole nitrogens is 1. The molecule has 2 aliphatic rings. The number of amides is 2. The van der Waals surface area contributed by atoms with E-state index in [1.165, 1.54) is 5.56 Å². The molecule has 3 aromatic rings. The number of halogens is 1. The van der Waals surface area contributed by atoms with Crippen LogP contribution in [0.2, 0.25) is 5.02 Å². The number of aromatic nitrogens is 1. The van der Waals surface area contributed by atoms with Crippen LogP contribution in [0.15, 0.2) is 48.7 Å². The van der Waals surface area contributed by atoms with Crippen LogP contribution in [0.25, 0.3) is 10.9 Å². The number of rotatable bonds is 4. The number of carbonyl (C=O) groups is 2. The molecule has 1 aromatic heterocycles. The minimum atomic E-state index is -0.258. The van der Waals surface area contributed by atoms with Gasteiger partial charge in [0.1, 0.15) is 0 Å². The lowest BCUT2D eigenvalue weighted by Gasteiger charge is -2.21. The van der Waals surface area contributed by atoms with E-state index in [4.69, 9.17) is 11.6 Å². The van der Waals surface area contributed by atoms with Gasteiger partial charge in [-0.05, 0) is 48.2 Å². The van der Waals surface area contributed by atoms with Crippen LogP contribution in [0.4, 0.5) is 5.69 Å². The van der Waals surface area contributed by atoms with Gasteiger partial charge in [0.25, 0.3) is 0 Å². The highest BCUT2D eigenvalue weighted by molar-refractivity contribution is 6.31. The molecule has 3 heterocycles. The Balaban J connectivity index is 1.26. The number of likely N-dealkylation sites (tertiary alicyclic amines) is 1. The zero-order chi connectivity index (χ0) is 20.0. The number of anilines is 1. The summed E-state index contributed by atoms with van der Waals surface area (Å²) in [5.41, 5.74) is 4.38. The van der Waals surface area contributed by atoms with Crippen molar-refractivity contribution in [3.63, 3.8) is 0 Å². The molecule has 0 aliphatic carbocycles. The van der Waals surface area contributed by atoms with Gasteiger partial charge in [0.05, 0.1) is 5.92 Å². The van der Waals surface area contributed by atoms with Crippen LogP contribution in [0, 0.1) is 5.92 Å². The molecule has 5 nitrogen and oxygen atoms in total. The Morgan fingerprint density at radius 3 is 2.97 bits per heavy atom. The first kappa shape index (κ1) is 18.3. The molecule has 2 aliphatic heterocycles. The number of hydrogen-bond donors (Lipinski definition) is 1. The van der Waals surface area contributed by atoms with E-state index in [-0.39, 0.29) is 17.7 Å². The Morgan fingerprint density at radius 1 is 1.21 bits per heavy atom. The van der Waals surface area contributed by atoms with Crippen molar-refractivity contribution in [2.24, 2.45) is 5.92 Å². The average Bonchev–Trinajstić information content (AvgIpc) is 3.42. The lowest BCUT2D eigenvalue weighted by molar-refractivity contribution is -0.128. The topological polar surface area (TPSA) is 56.4 Å². The van der Waals surface area contributed by atoms with Gasteiger partial charge in [-0.25, -0.2) is 0 Å². The third-order valence-corrected chi connectivity index (χ3v) is 6.33. The van der Waals surface area contributed by atoms with Gasteiger partial charge in [0, 0.05) is 53.9 Å². The summed E-state index contributed by atoms with van der Waals surface area (Å²) in [6.45, 7) is 1.82. The highest BCUT2D eigenvalue weighted by Gasteiger charge is 2.38. The predicted octanol–water partition coefficient (Wildman–Crippen LogP) is 3.80. The maximum Gasteiger partial charge on any atom is 0.232 e. The van der Waals surface area contributed by atoms with Crippen molar-refractivity contribution in [2.75, 3.05) is 24.5 Å². The summed E-state index contributed by atoms with van der Waals surface area (Å²) < 4.78 is 0. The number of carbonyl (C=O) groups excluding carboxylic acids is 2. The molecule has 0 unspecified atom stereocenters. The zero-order valence-electron chi connectivity index (χ0n) is 16.0. The number of aromatic amines is 1. The lowest BCUT2D eigenvalue weighted by Crippen LogP contribution is -2.36. The van der Waals surface area contributed by atoms with E-state index in [0.29, 0.717) is 31.1 Å². The predicted molar refractivity (Wildman–Crippen MR) is 114 cm³/mol. The number of benzene rings is 2. The fourth-order valence-electron chi connectivity index (χ4n) is 4.55. The van der Waals surface area contributed by atoms with Crippen LogP contribution in [-0.2, 0) is 22.4 Å². The fraction of sp³-hybridized carbons (Fsp3) is 0.304. The average molecular weight is 408 g/mol. The quantitative estimate of drug-likeness (QED) is 0.715. The number of hydrogen-bond acceptors (Lipinski definition) is 2. The van der Waals surface area contributed by atoms with Gasteiger partial charge in [-0.15, -0.1) is 0 Å². The molecule has 0 radical (unpaired) electrons. The Morgan fingerprint density at radius 2 is 2.07 bits per heavy atom. The van der Waals surface area contributed by atoms with Crippen LogP contribution in [-0.4, -0.2) is 41.3 Å². The number of para-hydroxylation sites is 1. The summed E-state index contributed by atoms with van der Waals surface area (Å²) in [5, 5.41) is 1.79. The Kier molecular flexibility index (Phi) is 4.55. The van der Waals surface area contributed by atoms with Crippen molar-refractivity contribution in [3.05, 3.63) is 64.8 Å². The van der Waals surface area contributed by atoms with Crippen molar-refractivity contribution in [2.45, 2.75) is 19.3 Å². The largest absolute Gasteiger partial charge is 0.361 e. The minimum absolute atomic E-state index is 0.0636.